The van der Waals surface area contributed by atoms with E-state index in [1.165, 1.54) is 0 Å². The second-order valence-corrected chi connectivity index (χ2v) is 10.5. The molecule has 0 amide bonds. The van der Waals surface area contributed by atoms with Gasteiger partial charge >= 0.3 is 15.5 Å². The fraction of sp³-hybridized carbons (Fsp3) is 0.600. The third-order valence-electron chi connectivity index (χ3n) is 5.53. The van der Waals surface area contributed by atoms with Gasteiger partial charge in [-0.3, -0.25) is 4.90 Å². The number of nitrogens with zero attached hydrogens (tertiary/aromatic N) is 1. The maximum atomic E-state index is 12.9. The molecular formula is C20H26BrF3N2O3S. The molecule has 1 aromatic rings. The van der Waals surface area contributed by atoms with Crippen LogP contribution in [0.2, 0.25) is 0 Å². The Labute approximate surface area is 183 Å². The monoisotopic (exact) mass is 510 g/mol. The molecule has 0 radical (unpaired) electrons. The molecule has 30 heavy (non-hydrogen) atoms. The summed E-state index contributed by atoms with van der Waals surface area (Å²) in [6.45, 7) is 1.85. The zero-order valence-corrected chi connectivity index (χ0v) is 18.8. The molecule has 1 aliphatic heterocycles. The Morgan fingerprint density at radius 2 is 1.93 bits per heavy atom. The zero-order valence-electron chi connectivity index (χ0n) is 16.4. The summed E-state index contributed by atoms with van der Waals surface area (Å²) in [6, 6.07) is 8.99. The highest BCUT2D eigenvalue weighted by molar-refractivity contribution is 9.11. The van der Waals surface area contributed by atoms with Gasteiger partial charge in [0.05, 0.1) is 12.7 Å². The lowest BCUT2D eigenvalue weighted by atomic mass is 9.93. The number of halogens is 4. The van der Waals surface area contributed by atoms with Crippen molar-refractivity contribution in [3.8, 4) is 0 Å². The number of benzene rings is 1. The van der Waals surface area contributed by atoms with Gasteiger partial charge in [0.25, 0.3) is 0 Å². The zero-order chi connectivity index (χ0) is 21.8. The number of hydrogen-bond donors (Lipinski definition) is 1. The van der Waals surface area contributed by atoms with E-state index in [1.807, 2.05) is 41.1 Å². The number of allylic oxidation sites excluding steroid dienone is 1. The predicted molar refractivity (Wildman–Crippen MR) is 112 cm³/mol. The van der Waals surface area contributed by atoms with E-state index >= 15 is 0 Å². The Balaban J connectivity index is 1.66. The lowest BCUT2D eigenvalue weighted by Crippen LogP contribution is -2.54. The Hall–Kier alpha value is -0.940. The molecule has 1 fully saturated rings. The molecule has 2 aliphatic rings. The summed E-state index contributed by atoms with van der Waals surface area (Å²) in [4.78, 5) is 2.14. The van der Waals surface area contributed by atoms with E-state index in [2.05, 4.69) is 20.8 Å². The van der Waals surface area contributed by atoms with Crippen molar-refractivity contribution in [2.24, 2.45) is 5.92 Å². The Bertz CT molecular complexity index is 833. The van der Waals surface area contributed by atoms with E-state index in [4.69, 9.17) is 4.74 Å². The van der Waals surface area contributed by atoms with E-state index in [9.17, 15) is 21.6 Å². The van der Waals surface area contributed by atoms with Crippen LogP contribution in [0.4, 0.5) is 13.2 Å². The summed E-state index contributed by atoms with van der Waals surface area (Å²) in [6.07, 6.45) is 4.76. The number of likely N-dealkylation sites (tertiary alicyclic amines) is 1. The van der Waals surface area contributed by atoms with Gasteiger partial charge in [0.1, 0.15) is 0 Å². The summed E-state index contributed by atoms with van der Waals surface area (Å²) in [5, 5.41) is 0. The fourth-order valence-corrected chi connectivity index (χ4v) is 5.13. The van der Waals surface area contributed by atoms with E-state index in [0.29, 0.717) is 26.1 Å². The number of nitrogens with one attached hydrogen (secondary N) is 1. The van der Waals surface area contributed by atoms with E-state index in [1.54, 1.807) is 0 Å². The molecule has 0 saturated carbocycles. The summed E-state index contributed by atoms with van der Waals surface area (Å²) >= 11 is 3.46. The third kappa shape index (κ3) is 6.53. The van der Waals surface area contributed by atoms with Gasteiger partial charge in [-0.25, -0.2) is 13.1 Å². The highest BCUT2D eigenvalue weighted by Crippen LogP contribution is 2.28. The first-order valence-corrected chi connectivity index (χ1v) is 12.2. The molecule has 10 heteroatoms. The van der Waals surface area contributed by atoms with Crippen LogP contribution in [0.5, 0.6) is 0 Å². The summed E-state index contributed by atoms with van der Waals surface area (Å²) < 4.78 is 71.0. The van der Waals surface area contributed by atoms with Gasteiger partial charge in [-0.15, -0.1) is 0 Å². The molecule has 0 bridgehead atoms. The number of rotatable bonds is 7. The lowest BCUT2D eigenvalue weighted by molar-refractivity contribution is -0.0466. The van der Waals surface area contributed by atoms with Gasteiger partial charge in [0, 0.05) is 31.6 Å². The molecular weight excluding hydrogens is 485 g/mol. The molecule has 1 aromatic carbocycles. The Morgan fingerprint density at radius 3 is 2.57 bits per heavy atom. The summed E-state index contributed by atoms with van der Waals surface area (Å²) in [7, 11) is -5.40. The van der Waals surface area contributed by atoms with Crippen molar-refractivity contribution in [1.82, 2.24) is 9.62 Å². The van der Waals surface area contributed by atoms with Crippen molar-refractivity contribution in [2.45, 2.75) is 49.9 Å². The first-order valence-electron chi connectivity index (χ1n) is 9.95. The Kier molecular flexibility index (Phi) is 8.00. The third-order valence-corrected chi connectivity index (χ3v) is 7.47. The normalized spacial score (nSPS) is 26.4. The summed E-state index contributed by atoms with van der Waals surface area (Å²) in [5.41, 5.74) is -4.21. The van der Waals surface area contributed by atoms with Crippen LogP contribution in [0, 0.1) is 5.92 Å². The molecule has 1 aliphatic carbocycles. The molecule has 0 spiro atoms. The minimum absolute atomic E-state index is 0.00401. The van der Waals surface area contributed by atoms with E-state index in [-0.39, 0.29) is 18.6 Å². The molecule has 3 rings (SSSR count). The van der Waals surface area contributed by atoms with Crippen LogP contribution in [0.1, 0.15) is 31.2 Å². The maximum Gasteiger partial charge on any atom is 0.511 e. The van der Waals surface area contributed by atoms with Crippen LogP contribution in [0.3, 0.4) is 0 Å². The van der Waals surface area contributed by atoms with Gasteiger partial charge in [-0.1, -0.05) is 52.3 Å². The minimum Gasteiger partial charge on any atom is -0.377 e. The molecule has 3 unspecified atom stereocenters. The first kappa shape index (κ1) is 23.7. The van der Waals surface area contributed by atoms with Crippen LogP contribution in [-0.2, 0) is 21.3 Å². The van der Waals surface area contributed by atoms with Crippen LogP contribution in [0.25, 0.3) is 0 Å². The van der Waals surface area contributed by atoms with Crippen molar-refractivity contribution in [1.29, 1.82) is 0 Å². The molecule has 0 aromatic heterocycles. The highest BCUT2D eigenvalue weighted by atomic mass is 79.9. The van der Waals surface area contributed by atoms with Crippen LogP contribution < -0.4 is 4.72 Å². The molecule has 1 saturated heterocycles. The van der Waals surface area contributed by atoms with Gasteiger partial charge in [-0.2, -0.15) is 13.2 Å². The van der Waals surface area contributed by atoms with Gasteiger partial charge < -0.3 is 4.74 Å². The topological polar surface area (TPSA) is 58.6 Å². The van der Waals surface area contributed by atoms with Crippen molar-refractivity contribution >= 4 is 26.0 Å². The van der Waals surface area contributed by atoms with E-state index < -0.39 is 21.6 Å². The molecule has 1 N–H and O–H groups in total. The first-order chi connectivity index (χ1) is 14.1. The van der Waals surface area contributed by atoms with Gasteiger partial charge in [0.2, 0.25) is 0 Å². The minimum atomic E-state index is -5.40. The quantitative estimate of drug-likeness (QED) is 0.598. The van der Waals surface area contributed by atoms with Crippen LogP contribution in [0.15, 0.2) is 40.9 Å². The number of ether oxygens (including phenoxy) is 1. The van der Waals surface area contributed by atoms with Crippen molar-refractivity contribution < 1.29 is 26.3 Å². The van der Waals surface area contributed by atoms with Crippen molar-refractivity contribution in [2.75, 3.05) is 19.7 Å². The molecule has 3 atom stereocenters. The molecule has 168 valence electrons. The van der Waals surface area contributed by atoms with Crippen LogP contribution in [-0.4, -0.2) is 50.7 Å². The fourth-order valence-electron chi connectivity index (χ4n) is 3.87. The largest absolute Gasteiger partial charge is 0.511 e. The Morgan fingerprint density at radius 1 is 1.20 bits per heavy atom. The van der Waals surface area contributed by atoms with Gasteiger partial charge in [-0.05, 0) is 35.7 Å². The average Bonchev–Trinajstić information content (AvgIpc) is 2.69. The number of piperidine rings is 1. The smallest absolute Gasteiger partial charge is 0.377 e. The number of hydrogen-bond acceptors (Lipinski definition) is 4. The molecule has 5 nitrogen and oxygen atoms in total. The van der Waals surface area contributed by atoms with Crippen LogP contribution >= 0.6 is 15.9 Å². The van der Waals surface area contributed by atoms with E-state index in [0.717, 1.165) is 29.3 Å². The van der Waals surface area contributed by atoms with Gasteiger partial charge in [0.15, 0.2) is 0 Å². The number of alkyl halides is 3. The second-order valence-electron chi connectivity index (χ2n) is 7.82. The predicted octanol–water partition coefficient (Wildman–Crippen LogP) is 4.16. The second kappa shape index (κ2) is 10.1. The summed E-state index contributed by atoms with van der Waals surface area (Å²) in [5.74, 6) is -0.367. The van der Waals surface area contributed by atoms with Crippen molar-refractivity contribution in [3.05, 3.63) is 46.5 Å². The number of sulfonamides is 1. The maximum absolute atomic E-state index is 12.9. The lowest BCUT2D eigenvalue weighted by Gasteiger charge is -2.39. The SMILES string of the molecule is O=S(=O)(NC1CCN(Cc2ccccc2)CC1COC1CC=C(Br)CC1)C(F)(F)F. The molecule has 1 heterocycles. The highest BCUT2D eigenvalue weighted by Gasteiger charge is 2.48. The average molecular weight is 511 g/mol. The standard InChI is InChI=1S/C20H26BrF3N2O3S/c21-17-6-8-18(9-7-17)29-14-16-13-26(12-15-4-2-1-3-5-15)11-10-19(16)25-30(27,28)20(22,23)24/h1-6,16,18-19,25H,7-14H2. The van der Waals surface area contributed by atoms with Crippen molar-refractivity contribution in [3.63, 3.8) is 0 Å².